The van der Waals surface area contributed by atoms with Gasteiger partial charge in [0.05, 0.1) is 4.92 Å². The molecule has 1 saturated heterocycles. The Morgan fingerprint density at radius 3 is 2.57 bits per heavy atom. The lowest BCUT2D eigenvalue weighted by atomic mass is 10.2. The van der Waals surface area contributed by atoms with E-state index in [2.05, 4.69) is 5.10 Å². The zero-order valence-corrected chi connectivity index (χ0v) is 11.4. The van der Waals surface area contributed by atoms with Crippen molar-refractivity contribution in [3.63, 3.8) is 0 Å². The van der Waals surface area contributed by atoms with Crippen molar-refractivity contribution in [2.24, 2.45) is 0 Å². The highest BCUT2D eigenvalue weighted by Gasteiger charge is 2.31. The first-order valence-electron chi connectivity index (χ1n) is 6.36. The predicted octanol–water partition coefficient (Wildman–Crippen LogP) is 0.444. The average molecular weight is 303 g/mol. The molecule has 116 valence electrons. The van der Waals surface area contributed by atoms with Gasteiger partial charge in [-0.05, 0) is 7.05 Å². The van der Waals surface area contributed by atoms with Crippen molar-refractivity contribution in [2.75, 3.05) is 33.2 Å². The van der Waals surface area contributed by atoms with Gasteiger partial charge in [-0.15, -0.1) is 0 Å². The molecule has 0 bridgehead atoms. The predicted molar refractivity (Wildman–Crippen MR) is 68.3 cm³/mol. The van der Waals surface area contributed by atoms with Crippen LogP contribution in [0, 0.1) is 10.1 Å². The van der Waals surface area contributed by atoms with Gasteiger partial charge in [-0.2, -0.15) is 5.10 Å². The molecule has 0 N–H and O–H groups in total. The van der Waals surface area contributed by atoms with Crippen molar-refractivity contribution in [3.8, 4) is 0 Å². The fraction of sp³-hybridized carbons (Fsp3) is 0.636. The molecule has 21 heavy (non-hydrogen) atoms. The third-order valence-electron chi connectivity index (χ3n) is 3.26. The van der Waals surface area contributed by atoms with E-state index in [0.29, 0.717) is 26.2 Å². The van der Waals surface area contributed by atoms with Crippen molar-refractivity contribution in [3.05, 3.63) is 22.0 Å². The highest BCUT2D eigenvalue weighted by Crippen LogP contribution is 2.20. The van der Waals surface area contributed by atoms with Crippen molar-refractivity contribution in [2.45, 2.75) is 13.0 Å². The summed E-state index contributed by atoms with van der Waals surface area (Å²) in [6.45, 7) is 1.37. The van der Waals surface area contributed by atoms with Crippen molar-refractivity contribution >= 4 is 11.6 Å². The van der Waals surface area contributed by atoms with Crippen molar-refractivity contribution in [1.82, 2.24) is 19.6 Å². The van der Waals surface area contributed by atoms with Gasteiger partial charge in [0.1, 0.15) is 12.7 Å². The number of piperazine rings is 1. The minimum Gasteiger partial charge on any atom is -0.334 e. The summed E-state index contributed by atoms with van der Waals surface area (Å²) >= 11 is 0. The van der Waals surface area contributed by atoms with Crippen LogP contribution in [0.4, 0.5) is 14.5 Å². The number of hydrogen-bond acceptors (Lipinski definition) is 5. The Balaban J connectivity index is 2.22. The molecule has 1 aliphatic rings. The van der Waals surface area contributed by atoms with Crippen LogP contribution in [0.3, 0.4) is 0 Å². The Kier molecular flexibility index (Phi) is 4.46. The lowest BCUT2D eigenvalue weighted by molar-refractivity contribution is -0.385. The lowest BCUT2D eigenvalue weighted by Crippen LogP contribution is -2.47. The molecular weight excluding hydrogens is 288 g/mol. The number of nitro groups is 1. The summed E-state index contributed by atoms with van der Waals surface area (Å²) in [6.07, 6.45) is -1.83. The number of aromatic nitrogens is 2. The standard InChI is InChI=1S/C11H15F2N5O3/c1-15-2-4-16(5-3-15)11(19)10-8(18(20)21)6-17(14-10)7-9(12)13/h6,9H,2-5,7H2,1H3. The summed E-state index contributed by atoms with van der Waals surface area (Å²) in [7, 11) is 1.90. The van der Waals surface area contributed by atoms with Gasteiger partial charge in [0, 0.05) is 26.2 Å². The van der Waals surface area contributed by atoms with Gasteiger partial charge >= 0.3 is 5.69 Å². The monoisotopic (exact) mass is 303 g/mol. The largest absolute Gasteiger partial charge is 0.334 e. The molecule has 0 saturated carbocycles. The van der Waals surface area contributed by atoms with E-state index in [9.17, 15) is 23.7 Å². The molecule has 8 nitrogen and oxygen atoms in total. The summed E-state index contributed by atoms with van der Waals surface area (Å²) in [5, 5.41) is 14.6. The van der Waals surface area contributed by atoms with E-state index >= 15 is 0 Å². The van der Waals surface area contributed by atoms with Gasteiger partial charge in [-0.1, -0.05) is 0 Å². The molecule has 0 aliphatic carbocycles. The van der Waals surface area contributed by atoms with Crippen molar-refractivity contribution in [1.29, 1.82) is 0 Å². The molecule has 1 aliphatic heterocycles. The molecule has 1 fully saturated rings. The second kappa shape index (κ2) is 6.12. The van der Waals surface area contributed by atoms with E-state index in [1.165, 1.54) is 4.90 Å². The summed E-state index contributed by atoms with van der Waals surface area (Å²) < 4.78 is 25.4. The van der Waals surface area contributed by atoms with Gasteiger partial charge in [-0.25, -0.2) is 8.78 Å². The second-order valence-corrected chi connectivity index (χ2v) is 4.83. The van der Waals surface area contributed by atoms with Crippen LogP contribution < -0.4 is 0 Å². The van der Waals surface area contributed by atoms with E-state index in [1.807, 2.05) is 11.9 Å². The van der Waals surface area contributed by atoms with E-state index in [1.54, 1.807) is 0 Å². The number of rotatable bonds is 4. The molecule has 1 aromatic heterocycles. The van der Waals surface area contributed by atoms with Crippen molar-refractivity contribution < 1.29 is 18.5 Å². The normalized spacial score (nSPS) is 16.5. The Hall–Kier alpha value is -2.10. The minimum absolute atomic E-state index is 0.384. The van der Waals surface area contributed by atoms with Crippen LogP contribution in [-0.2, 0) is 6.54 Å². The molecule has 1 aromatic rings. The minimum atomic E-state index is -2.70. The third kappa shape index (κ3) is 3.51. The maximum Gasteiger partial charge on any atom is 0.320 e. The zero-order chi connectivity index (χ0) is 15.6. The summed E-state index contributed by atoms with van der Waals surface area (Å²) in [5.41, 5.74) is -0.926. The Morgan fingerprint density at radius 1 is 1.43 bits per heavy atom. The molecule has 0 aromatic carbocycles. The fourth-order valence-electron chi connectivity index (χ4n) is 2.09. The quantitative estimate of drug-likeness (QED) is 0.595. The van der Waals surface area contributed by atoms with Crippen LogP contribution in [0.25, 0.3) is 0 Å². The second-order valence-electron chi connectivity index (χ2n) is 4.83. The van der Waals surface area contributed by atoms with Gasteiger partial charge in [0.25, 0.3) is 12.3 Å². The first-order chi connectivity index (χ1) is 9.88. The molecule has 2 heterocycles. The average Bonchev–Trinajstić information content (AvgIpc) is 2.82. The molecule has 0 spiro atoms. The fourth-order valence-corrected chi connectivity index (χ4v) is 2.09. The summed E-state index contributed by atoms with van der Waals surface area (Å²) in [5.74, 6) is -0.595. The van der Waals surface area contributed by atoms with Crippen LogP contribution in [0.5, 0.6) is 0 Å². The Labute approximate surface area is 119 Å². The molecular formula is C11H15F2N5O3. The molecule has 0 radical (unpaired) electrons. The van der Waals surface area contributed by atoms with Crippen LogP contribution in [0.1, 0.15) is 10.5 Å². The maximum atomic E-state index is 12.3. The molecule has 10 heteroatoms. The third-order valence-corrected chi connectivity index (χ3v) is 3.26. The number of hydrogen-bond donors (Lipinski definition) is 0. The summed E-state index contributed by atoms with van der Waals surface area (Å²) in [6, 6.07) is 0. The number of alkyl halides is 2. The molecule has 0 atom stereocenters. The smallest absolute Gasteiger partial charge is 0.320 e. The van der Waals surface area contributed by atoms with E-state index in [-0.39, 0.29) is 5.69 Å². The van der Waals surface area contributed by atoms with Crippen LogP contribution in [0.2, 0.25) is 0 Å². The van der Waals surface area contributed by atoms with Gasteiger partial charge < -0.3 is 9.80 Å². The van der Waals surface area contributed by atoms with E-state index in [4.69, 9.17) is 0 Å². The van der Waals surface area contributed by atoms with E-state index in [0.717, 1.165) is 10.9 Å². The Bertz CT molecular complexity index is 540. The number of carbonyl (C=O) groups is 1. The van der Waals surface area contributed by atoms with Crippen LogP contribution in [0.15, 0.2) is 6.20 Å². The molecule has 2 rings (SSSR count). The number of nitrogens with zero attached hydrogens (tertiary/aromatic N) is 5. The Morgan fingerprint density at radius 2 is 2.05 bits per heavy atom. The number of likely N-dealkylation sites (N-methyl/N-ethyl adjacent to an activating group) is 1. The number of halogens is 2. The SMILES string of the molecule is CN1CCN(C(=O)c2nn(CC(F)F)cc2[N+](=O)[O-])CC1. The van der Waals surface area contributed by atoms with Gasteiger partial charge in [0.15, 0.2) is 0 Å². The highest BCUT2D eigenvalue weighted by molar-refractivity contribution is 5.96. The first-order valence-corrected chi connectivity index (χ1v) is 6.36. The van der Waals surface area contributed by atoms with Gasteiger partial charge in [-0.3, -0.25) is 19.6 Å². The highest BCUT2D eigenvalue weighted by atomic mass is 19.3. The molecule has 1 amide bonds. The van der Waals surface area contributed by atoms with Crippen LogP contribution in [-0.4, -0.2) is 70.1 Å². The topological polar surface area (TPSA) is 84.5 Å². The molecule has 0 unspecified atom stereocenters. The maximum absolute atomic E-state index is 12.3. The summed E-state index contributed by atoms with van der Waals surface area (Å²) in [4.78, 5) is 25.9. The zero-order valence-electron chi connectivity index (χ0n) is 11.4. The number of amides is 1. The van der Waals surface area contributed by atoms with Crippen LogP contribution >= 0.6 is 0 Å². The lowest BCUT2D eigenvalue weighted by Gasteiger charge is -2.31. The van der Waals surface area contributed by atoms with Gasteiger partial charge in [0.2, 0.25) is 5.69 Å². The first kappa shape index (κ1) is 15.3. The number of carbonyl (C=O) groups excluding carboxylic acids is 1. The van der Waals surface area contributed by atoms with E-state index < -0.39 is 29.5 Å².